The number of carbonyl (C=O) groups is 1. The highest BCUT2D eigenvalue weighted by atomic mass is 35.5. The quantitative estimate of drug-likeness (QED) is 0.854. The molecule has 4 heteroatoms. The molecule has 2 fully saturated rings. The largest absolute Gasteiger partial charge is 0.341 e. The lowest BCUT2D eigenvalue weighted by atomic mass is 10.1. The van der Waals surface area contributed by atoms with Gasteiger partial charge in [0.15, 0.2) is 0 Å². The standard InChI is InChI=1S/C16H21ClN2O/c1-18-9-8-13-10-19(11-15(13)18)16(20)7-6-12-4-2-3-5-14(12)17/h2-5,13,15H,6-11H2,1H3/t13-,15+/m1/s1. The second kappa shape index (κ2) is 5.74. The van der Waals surface area contributed by atoms with Crippen molar-refractivity contribution in [1.82, 2.24) is 9.80 Å². The minimum atomic E-state index is 0.271. The van der Waals surface area contributed by atoms with Crippen molar-refractivity contribution in [3.63, 3.8) is 0 Å². The van der Waals surface area contributed by atoms with Crippen molar-refractivity contribution in [2.75, 3.05) is 26.7 Å². The maximum atomic E-state index is 12.3. The molecule has 0 N–H and O–H groups in total. The van der Waals surface area contributed by atoms with Crippen molar-refractivity contribution in [3.05, 3.63) is 34.9 Å². The Hall–Kier alpha value is -1.06. The van der Waals surface area contributed by atoms with Crippen LogP contribution in [0, 0.1) is 5.92 Å². The van der Waals surface area contributed by atoms with E-state index in [0.717, 1.165) is 30.1 Å². The summed E-state index contributed by atoms with van der Waals surface area (Å²) in [5.41, 5.74) is 1.07. The molecule has 0 unspecified atom stereocenters. The Balaban J connectivity index is 1.55. The van der Waals surface area contributed by atoms with Gasteiger partial charge in [-0.15, -0.1) is 0 Å². The molecular weight excluding hydrogens is 272 g/mol. The molecule has 0 aromatic heterocycles. The van der Waals surface area contributed by atoms with Gasteiger partial charge in [-0.1, -0.05) is 29.8 Å². The van der Waals surface area contributed by atoms with Crippen molar-refractivity contribution in [3.8, 4) is 0 Å². The van der Waals surface area contributed by atoms with E-state index < -0.39 is 0 Å². The summed E-state index contributed by atoms with van der Waals surface area (Å²) < 4.78 is 0. The molecule has 0 aliphatic carbocycles. The topological polar surface area (TPSA) is 23.6 Å². The summed E-state index contributed by atoms with van der Waals surface area (Å²) in [6.07, 6.45) is 2.53. The van der Waals surface area contributed by atoms with Crippen LogP contribution in [0.3, 0.4) is 0 Å². The maximum Gasteiger partial charge on any atom is 0.222 e. The molecule has 0 radical (unpaired) electrons. The number of hydrogen-bond donors (Lipinski definition) is 0. The van der Waals surface area contributed by atoms with Crippen molar-refractivity contribution < 1.29 is 4.79 Å². The number of hydrogen-bond acceptors (Lipinski definition) is 2. The van der Waals surface area contributed by atoms with Crippen LogP contribution in [0.2, 0.25) is 5.02 Å². The summed E-state index contributed by atoms with van der Waals surface area (Å²) in [4.78, 5) is 16.8. The van der Waals surface area contributed by atoms with Gasteiger partial charge in [-0.2, -0.15) is 0 Å². The predicted octanol–water partition coefficient (Wildman–Crippen LogP) is 2.44. The molecule has 2 atom stereocenters. The van der Waals surface area contributed by atoms with Crippen LogP contribution in [0.15, 0.2) is 24.3 Å². The molecule has 0 saturated carbocycles. The third kappa shape index (κ3) is 2.70. The Morgan fingerprint density at radius 1 is 1.35 bits per heavy atom. The zero-order valence-electron chi connectivity index (χ0n) is 11.9. The zero-order valence-corrected chi connectivity index (χ0v) is 12.6. The number of aryl methyl sites for hydroxylation is 1. The van der Waals surface area contributed by atoms with Crippen LogP contribution in [0.25, 0.3) is 0 Å². The summed E-state index contributed by atoms with van der Waals surface area (Å²) in [7, 11) is 2.17. The van der Waals surface area contributed by atoms with Gasteiger partial charge in [-0.3, -0.25) is 4.79 Å². The van der Waals surface area contributed by atoms with Gasteiger partial charge in [0.05, 0.1) is 0 Å². The predicted molar refractivity (Wildman–Crippen MR) is 80.9 cm³/mol. The van der Waals surface area contributed by atoms with E-state index in [9.17, 15) is 4.79 Å². The molecule has 3 nitrogen and oxygen atoms in total. The van der Waals surface area contributed by atoms with Crippen LogP contribution >= 0.6 is 11.6 Å². The molecule has 3 rings (SSSR count). The van der Waals surface area contributed by atoms with E-state index >= 15 is 0 Å². The average molecular weight is 293 g/mol. The third-order valence-electron chi connectivity index (χ3n) is 4.74. The van der Waals surface area contributed by atoms with Gasteiger partial charge in [-0.25, -0.2) is 0 Å². The fourth-order valence-electron chi connectivity index (χ4n) is 3.48. The molecule has 108 valence electrons. The van der Waals surface area contributed by atoms with Crippen LogP contribution in [-0.2, 0) is 11.2 Å². The Morgan fingerprint density at radius 2 is 2.15 bits per heavy atom. The SMILES string of the molecule is CN1CC[C@@H]2CN(C(=O)CCc3ccccc3Cl)C[C@@H]21. The maximum absolute atomic E-state index is 12.3. The number of rotatable bonds is 3. The first-order valence-corrected chi connectivity index (χ1v) is 7.74. The second-order valence-electron chi connectivity index (χ2n) is 5.99. The van der Waals surface area contributed by atoms with Crippen LogP contribution in [-0.4, -0.2) is 48.4 Å². The van der Waals surface area contributed by atoms with Crippen molar-refractivity contribution in [1.29, 1.82) is 0 Å². The number of fused-ring (bicyclic) bond motifs is 1. The highest BCUT2D eigenvalue weighted by Gasteiger charge is 2.40. The number of halogens is 1. The Bertz CT molecular complexity index is 505. The fourth-order valence-corrected chi connectivity index (χ4v) is 3.71. The van der Waals surface area contributed by atoms with E-state index in [2.05, 4.69) is 11.9 Å². The molecule has 1 aromatic carbocycles. The van der Waals surface area contributed by atoms with E-state index in [-0.39, 0.29) is 5.91 Å². The number of likely N-dealkylation sites (N-methyl/N-ethyl adjacent to an activating group) is 1. The van der Waals surface area contributed by atoms with Gasteiger partial charge >= 0.3 is 0 Å². The smallest absolute Gasteiger partial charge is 0.222 e. The van der Waals surface area contributed by atoms with Crippen LogP contribution in [0.4, 0.5) is 0 Å². The van der Waals surface area contributed by atoms with E-state index in [4.69, 9.17) is 11.6 Å². The van der Waals surface area contributed by atoms with Crippen LogP contribution in [0.1, 0.15) is 18.4 Å². The van der Waals surface area contributed by atoms with Crippen molar-refractivity contribution in [2.24, 2.45) is 5.92 Å². The van der Waals surface area contributed by atoms with Crippen molar-refractivity contribution in [2.45, 2.75) is 25.3 Å². The van der Waals surface area contributed by atoms with Gasteiger partial charge in [0, 0.05) is 30.6 Å². The number of carbonyl (C=O) groups excluding carboxylic acids is 1. The van der Waals surface area contributed by atoms with E-state index in [1.54, 1.807) is 0 Å². The number of likely N-dealkylation sites (tertiary alicyclic amines) is 2. The molecule has 2 heterocycles. The zero-order chi connectivity index (χ0) is 14.1. The van der Waals surface area contributed by atoms with E-state index in [1.165, 1.54) is 13.0 Å². The minimum absolute atomic E-state index is 0.271. The Labute approximate surface area is 125 Å². The molecule has 2 aliphatic rings. The van der Waals surface area contributed by atoms with E-state index in [1.807, 2.05) is 29.2 Å². The van der Waals surface area contributed by atoms with Gasteiger partial charge in [0.2, 0.25) is 5.91 Å². The molecule has 1 aromatic rings. The van der Waals surface area contributed by atoms with Gasteiger partial charge in [0.1, 0.15) is 0 Å². The highest BCUT2D eigenvalue weighted by Crippen LogP contribution is 2.30. The van der Waals surface area contributed by atoms with Crippen LogP contribution < -0.4 is 0 Å². The molecular formula is C16H21ClN2O. The minimum Gasteiger partial charge on any atom is -0.341 e. The van der Waals surface area contributed by atoms with Gasteiger partial charge in [0.25, 0.3) is 0 Å². The van der Waals surface area contributed by atoms with Crippen LogP contribution in [0.5, 0.6) is 0 Å². The molecule has 1 amide bonds. The normalized spacial score (nSPS) is 26.0. The molecule has 0 spiro atoms. The number of amides is 1. The molecule has 2 saturated heterocycles. The molecule has 2 aliphatic heterocycles. The average Bonchev–Trinajstić information content (AvgIpc) is 3.00. The summed E-state index contributed by atoms with van der Waals surface area (Å²) in [6.45, 7) is 3.02. The Kier molecular flexibility index (Phi) is 3.99. The summed E-state index contributed by atoms with van der Waals surface area (Å²) in [6, 6.07) is 8.37. The third-order valence-corrected chi connectivity index (χ3v) is 5.11. The monoisotopic (exact) mass is 292 g/mol. The lowest BCUT2D eigenvalue weighted by molar-refractivity contribution is -0.130. The van der Waals surface area contributed by atoms with Crippen molar-refractivity contribution >= 4 is 17.5 Å². The highest BCUT2D eigenvalue weighted by molar-refractivity contribution is 6.31. The second-order valence-corrected chi connectivity index (χ2v) is 6.39. The summed E-state index contributed by atoms with van der Waals surface area (Å²) in [5, 5.41) is 0.762. The lowest BCUT2D eigenvalue weighted by Crippen LogP contribution is -2.35. The molecule has 20 heavy (non-hydrogen) atoms. The van der Waals surface area contributed by atoms with Gasteiger partial charge in [-0.05, 0) is 44.0 Å². The summed E-state index contributed by atoms with van der Waals surface area (Å²) in [5.74, 6) is 0.956. The first-order valence-electron chi connectivity index (χ1n) is 7.36. The first kappa shape index (κ1) is 13.9. The number of benzene rings is 1. The lowest BCUT2D eigenvalue weighted by Gasteiger charge is -2.20. The first-order chi connectivity index (χ1) is 9.65. The summed E-state index contributed by atoms with van der Waals surface area (Å²) >= 11 is 6.13. The molecule has 0 bridgehead atoms. The van der Waals surface area contributed by atoms with Gasteiger partial charge < -0.3 is 9.80 Å². The Morgan fingerprint density at radius 3 is 2.90 bits per heavy atom. The van der Waals surface area contributed by atoms with E-state index in [0.29, 0.717) is 18.4 Å². The number of nitrogens with zero attached hydrogens (tertiary/aromatic N) is 2. The fraction of sp³-hybridized carbons (Fsp3) is 0.562.